The molecule has 0 aliphatic carbocycles. The minimum atomic E-state index is -0.728. The molecule has 0 saturated heterocycles. The van der Waals surface area contributed by atoms with Crippen LogP contribution in [0.4, 0.5) is 15.9 Å². The van der Waals surface area contributed by atoms with Gasteiger partial charge in [0, 0.05) is 11.3 Å². The Bertz CT molecular complexity index is 1090. The largest absolute Gasteiger partial charge is 0.326 e. The fourth-order valence-corrected chi connectivity index (χ4v) is 3.57. The molecular formula is C22H21FN4O2. The summed E-state index contributed by atoms with van der Waals surface area (Å²) in [5, 5.41) is 10.3. The van der Waals surface area contributed by atoms with Gasteiger partial charge in [-0.15, -0.1) is 0 Å². The first-order valence-corrected chi connectivity index (χ1v) is 9.51. The summed E-state index contributed by atoms with van der Waals surface area (Å²) in [6.07, 6.45) is 0.617. The van der Waals surface area contributed by atoms with E-state index in [0.29, 0.717) is 12.2 Å². The number of anilines is 2. The van der Waals surface area contributed by atoms with Crippen LogP contribution in [0.2, 0.25) is 0 Å². The second-order valence-electron chi connectivity index (χ2n) is 7.05. The van der Waals surface area contributed by atoms with Gasteiger partial charge in [0.15, 0.2) is 0 Å². The minimum Gasteiger partial charge on any atom is -0.326 e. The lowest BCUT2D eigenvalue weighted by Crippen LogP contribution is -2.24. The van der Waals surface area contributed by atoms with E-state index in [9.17, 15) is 14.0 Å². The number of hydrogen-bond acceptors (Lipinski definition) is 3. The van der Waals surface area contributed by atoms with Crippen molar-refractivity contribution in [1.29, 1.82) is 0 Å². The van der Waals surface area contributed by atoms with E-state index in [1.54, 1.807) is 16.8 Å². The Morgan fingerprint density at radius 3 is 2.62 bits per heavy atom. The van der Waals surface area contributed by atoms with Crippen molar-refractivity contribution in [3.8, 4) is 11.1 Å². The van der Waals surface area contributed by atoms with Gasteiger partial charge in [0.05, 0.1) is 12.1 Å². The molecule has 0 spiro atoms. The Balaban J connectivity index is 1.62. The summed E-state index contributed by atoms with van der Waals surface area (Å²) >= 11 is 0. The van der Waals surface area contributed by atoms with Gasteiger partial charge < -0.3 is 10.6 Å². The molecule has 1 atom stereocenters. The van der Waals surface area contributed by atoms with Gasteiger partial charge in [0.1, 0.15) is 17.7 Å². The highest BCUT2D eigenvalue weighted by Crippen LogP contribution is 2.38. The van der Waals surface area contributed by atoms with Crippen LogP contribution in [0.3, 0.4) is 0 Å². The molecule has 4 rings (SSSR count). The third kappa shape index (κ3) is 3.51. The van der Waals surface area contributed by atoms with Crippen molar-refractivity contribution in [3.05, 3.63) is 65.6 Å². The van der Waals surface area contributed by atoms with Gasteiger partial charge in [-0.25, -0.2) is 9.07 Å². The Labute approximate surface area is 167 Å². The number of nitrogens with zero attached hydrogens (tertiary/aromatic N) is 2. The summed E-state index contributed by atoms with van der Waals surface area (Å²) in [4.78, 5) is 25.1. The normalized spacial score (nSPS) is 15.1. The van der Waals surface area contributed by atoms with Gasteiger partial charge in [-0.1, -0.05) is 37.3 Å². The van der Waals surface area contributed by atoms with Crippen LogP contribution in [0.1, 0.15) is 30.6 Å². The van der Waals surface area contributed by atoms with Crippen molar-refractivity contribution >= 4 is 23.3 Å². The number of carbonyl (C=O) groups is 2. The van der Waals surface area contributed by atoms with Gasteiger partial charge in [0.2, 0.25) is 5.91 Å². The number of amides is 2. The number of halogens is 1. The molecule has 1 aromatic heterocycles. The molecule has 2 heterocycles. The Kier molecular flexibility index (Phi) is 4.88. The van der Waals surface area contributed by atoms with Crippen molar-refractivity contribution in [2.45, 2.75) is 32.7 Å². The highest BCUT2D eigenvalue weighted by Gasteiger charge is 2.36. The van der Waals surface area contributed by atoms with E-state index in [4.69, 9.17) is 0 Å². The minimum absolute atomic E-state index is 0.0269. The summed E-state index contributed by atoms with van der Waals surface area (Å²) in [6.45, 7) is 3.87. The number of rotatable bonds is 5. The standard InChI is InChI=1S/C22H21FN4O2/c1-3-16-20(14-8-10-15(23)11-9-14)21-25-22(29)18(27(21)26-16)12-19(28)24-17-7-5-4-6-13(17)2/h4-11,18H,3,12H2,1-2H3,(H,24,28)(H,25,29). The van der Waals surface area contributed by atoms with Crippen molar-refractivity contribution in [2.75, 3.05) is 10.6 Å². The van der Waals surface area contributed by atoms with E-state index in [-0.39, 0.29) is 24.1 Å². The Hall–Kier alpha value is -3.48. The summed E-state index contributed by atoms with van der Waals surface area (Å²) in [5.74, 6) is -0.319. The molecule has 1 aliphatic rings. The number of aromatic nitrogens is 2. The van der Waals surface area contributed by atoms with Crippen LogP contribution in [0.15, 0.2) is 48.5 Å². The zero-order valence-corrected chi connectivity index (χ0v) is 16.2. The number of aryl methyl sites for hydroxylation is 2. The number of nitrogens with one attached hydrogen (secondary N) is 2. The predicted molar refractivity (Wildman–Crippen MR) is 109 cm³/mol. The monoisotopic (exact) mass is 392 g/mol. The summed E-state index contributed by atoms with van der Waals surface area (Å²) < 4.78 is 14.9. The molecule has 0 bridgehead atoms. The molecule has 0 fully saturated rings. The lowest BCUT2D eigenvalue weighted by molar-refractivity contribution is -0.123. The Morgan fingerprint density at radius 2 is 1.93 bits per heavy atom. The van der Waals surface area contributed by atoms with Crippen LogP contribution in [-0.2, 0) is 16.0 Å². The maximum absolute atomic E-state index is 13.3. The molecule has 2 aromatic carbocycles. The molecule has 148 valence electrons. The maximum atomic E-state index is 13.3. The molecule has 1 aliphatic heterocycles. The van der Waals surface area contributed by atoms with Gasteiger partial charge in [-0.2, -0.15) is 5.10 Å². The van der Waals surface area contributed by atoms with Crippen LogP contribution < -0.4 is 10.6 Å². The van der Waals surface area contributed by atoms with Crippen LogP contribution >= 0.6 is 0 Å². The van der Waals surface area contributed by atoms with E-state index in [1.165, 1.54) is 12.1 Å². The smallest absolute Gasteiger partial charge is 0.251 e. The van der Waals surface area contributed by atoms with Crippen molar-refractivity contribution < 1.29 is 14.0 Å². The number of carbonyl (C=O) groups excluding carboxylic acids is 2. The second kappa shape index (κ2) is 7.50. The van der Waals surface area contributed by atoms with Gasteiger partial charge in [-0.3, -0.25) is 9.59 Å². The highest BCUT2D eigenvalue weighted by atomic mass is 19.1. The number of hydrogen-bond donors (Lipinski definition) is 2. The maximum Gasteiger partial charge on any atom is 0.251 e. The quantitative estimate of drug-likeness (QED) is 0.687. The first-order chi connectivity index (χ1) is 14.0. The van der Waals surface area contributed by atoms with Gasteiger partial charge >= 0.3 is 0 Å². The van der Waals surface area contributed by atoms with E-state index in [2.05, 4.69) is 15.7 Å². The third-order valence-corrected chi connectivity index (χ3v) is 5.09. The van der Waals surface area contributed by atoms with E-state index in [0.717, 1.165) is 28.1 Å². The fourth-order valence-electron chi connectivity index (χ4n) is 3.57. The molecule has 7 heteroatoms. The zero-order chi connectivity index (χ0) is 20.5. The topological polar surface area (TPSA) is 76.0 Å². The molecular weight excluding hydrogens is 371 g/mol. The number of benzene rings is 2. The molecule has 2 N–H and O–H groups in total. The van der Waals surface area contributed by atoms with Crippen molar-refractivity contribution in [1.82, 2.24) is 9.78 Å². The first-order valence-electron chi connectivity index (χ1n) is 9.51. The lowest BCUT2D eigenvalue weighted by Gasteiger charge is -2.11. The average Bonchev–Trinajstić information content (AvgIpc) is 3.20. The number of fused-ring (bicyclic) bond motifs is 1. The third-order valence-electron chi connectivity index (χ3n) is 5.09. The predicted octanol–water partition coefficient (Wildman–Crippen LogP) is 4.08. The summed E-state index contributed by atoms with van der Waals surface area (Å²) in [7, 11) is 0. The first kappa shape index (κ1) is 18.9. The fraction of sp³-hybridized carbons (Fsp3) is 0.227. The van der Waals surface area contributed by atoms with Gasteiger partial charge in [0.25, 0.3) is 5.91 Å². The average molecular weight is 392 g/mol. The summed E-state index contributed by atoms with van der Waals surface area (Å²) in [5.41, 5.74) is 4.00. The van der Waals surface area contributed by atoms with Gasteiger partial charge in [-0.05, 0) is 42.7 Å². The highest BCUT2D eigenvalue weighted by molar-refractivity contribution is 6.04. The molecule has 0 radical (unpaired) electrons. The van der Waals surface area contributed by atoms with Crippen molar-refractivity contribution in [2.24, 2.45) is 0 Å². The Morgan fingerprint density at radius 1 is 1.21 bits per heavy atom. The van der Waals surface area contributed by atoms with Crippen LogP contribution in [-0.4, -0.2) is 21.6 Å². The lowest BCUT2D eigenvalue weighted by atomic mass is 10.0. The SMILES string of the molecule is CCc1nn2c(c1-c1ccc(F)cc1)NC(=O)C2CC(=O)Nc1ccccc1C. The molecule has 0 saturated carbocycles. The second-order valence-corrected chi connectivity index (χ2v) is 7.05. The molecule has 1 unspecified atom stereocenters. The molecule has 3 aromatic rings. The van der Waals surface area contributed by atoms with Crippen LogP contribution in [0, 0.1) is 12.7 Å². The molecule has 2 amide bonds. The van der Waals surface area contributed by atoms with Crippen LogP contribution in [0.25, 0.3) is 11.1 Å². The van der Waals surface area contributed by atoms with Crippen LogP contribution in [0.5, 0.6) is 0 Å². The van der Waals surface area contributed by atoms with E-state index < -0.39 is 6.04 Å². The van der Waals surface area contributed by atoms with Crippen molar-refractivity contribution in [3.63, 3.8) is 0 Å². The molecule has 6 nitrogen and oxygen atoms in total. The van der Waals surface area contributed by atoms with E-state index in [1.807, 2.05) is 38.1 Å². The molecule has 29 heavy (non-hydrogen) atoms. The zero-order valence-electron chi connectivity index (χ0n) is 16.2. The summed E-state index contributed by atoms with van der Waals surface area (Å²) in [6, 6.07) is 12.8. The number of para-hydroxylation sites is 1. The van der Waals surface area contributed by atoms with E-state index >= 15 is 0 Å².